The van der Waals surface area contributed by atoms with Gasteiger partial charge < -0.3 is 15.4 Å². The summed E-state index contributed by atoms with van der Waals surface area (Å²) in [6, 6.07) is 14.7. The molecular formula is C17H19ClN2O2. The molecule has 22 heavy (non-hydrogen) atoms. The minimum Gasteiger partial charge on any atom is -0.497 e. The summed E-state index contributed by atoms with van der Waals surface area (Å²) < 4.78 is 5.10. The molecule has 1 atom stereocenters. The molecule has 0 aromatic heterocycles. The summed E-state index contributed by atoms with van der Waals surface area (Å²) in [5.74, 6) is 0.796. The normalized spacial score (nSPS) is 11.6. The topological polar surface area (TPSA) is 50.4 Å². The fourth-order valence-electron chi connectivity index (χ4n) is 2.01. The van der Waals surface area contributed by atoms with Gasteiger partial charge in [-0.15, -0.1) is 0 Å². The second-order valence-corrected chi connectivity index (χ2v) is 5.38. The summed E-state index contributed by atoms with van der Waals surface area (Å²) >= 11 is 5.85. The highest BCUT2D eigenvalue weighted by Gasteiger charge is 2.09. The number of urea groups is 1. The van der Waals surface area contributed by atoms with E-state index in [1.165, 1.54) is 0 Å². The van der Waals surface area contributed by atoms with Crippen LogP contribution in [-0.2, 0) is 6.54 Å². The van der Waals surface area contributed by atoms with Gasteiger partial charge in [0.15, 0.2) is 0 Å². The summed E-state index contributed by atoms with van der Waals surface area (Å²) in [5.41, 5.74) is 2.01. The predicted octanol–water partition coefficient (Wildman–Crippen LogP) is 3.91. The van der Waals surface area contributed by atoms with Crippen molar-refractivity contribution < 1.29 is 9.53 Å². The molecule has 0 fully saturated rings. The minimum atomic E-state index is -0.210. The molecule has 0 heterocycles. The lowest BCUT2D eigenvalue weighted by Gasteiger charge is -2.15. The second kappa shape index (κ2) is 7.71. The first-order valence-corrected chi connectivity index (χ1v) is 7.39. The number of ether oxygens (including phenoxy) is 1. The van der Waals surface area contributed by atoms with Crippen molar-refractivity contribution in [1.29, 1.82) is 0 Å². The predicted molar refractivity (Wildman–Crippen MR) is 88.2 cm³/mol. The highest BCUT2D eigenvalue weighted by molar-refractivity contribution is 6.30. The van der Waals surface area contributed by atoms with E-state index in [4.69, 9.17) is 16.3 Å². The summed E-state index contributed by atoms with van der Waals surface area (Å²) in [6.07, 6.45) is 0. The Morgan fingerprint density at radius 2 is 1.77 bits per heavy atom. The second-order valence-electron chi connectivity index (χ2n) is 4.95. The minimum absolute atomic E-state index is 0.0897. The number of carbonyl (C=O) groups excluding carboxylic acids is 1. The molecule has 0 spiro atoms. The average Bonchev–Trinajstić information content (AvgIpc) is 2.54. The van der Waals surface area contributed by atoms with Crippen molar-refractivity contribution >= 4 is 17.6 Å². The zero-order chi connectivity index (χ0) is 15.9. The maximum atomic E-state index is 11.9. The van der Waals surface area contributed by atoms with Gasteiger partial charge in [0.1, 0.15) is 5.75 Å². The van der Waals surface area contributed by atoms with Crippen LogP contribution in [0.1, 0.15) is 24.1 Å². The van der Waals surface area contributed by atoms with Crippen LogP contribution in [-0.4, -0.2) is 13.1 Å². The van der Waals surface area contributed by atoms with Crippen molar-refractivity contribution in [3.05, 3.63) is 64.7 Å². The lowest BCUT2D eigenvalue weighted by Crippen LogP contribution is -2.36. The summed E-state index contributed by atoms with van der Waals surface area (Å²) in [6.45, 7) is 2.39. The number of hydrogen-bond donors (Lipinski definition) is 2. The number of hydrogen-bond acceptors (Lipinski definition) is 2. The Morgan fingerprint density at radius 3 is 2.36 bits per heavy atom. The number of benzene rings is 2. The van der Waals surface area contributed by atoms with E-state index >= 15 is 0 Å². The molecule has 5 heteroatoms. The largest absolute Gasteiger partial charge is 0.497 e. The number of halogens is 1. The van der Waals surface area contributed by atoms with E-state index in [1.54, 1.807) is 7.11 Å². The van der Waals surface area contributed by atoms with Crippen molar-refractivity contribution in [2.24, 2.45) is 0 Å². The average molecular weight is 319 g/mol. The van der Waals surface area contributed by atoms with E-state index in [-0.39, 0.29) is 12.1 Å². The van der Waals surface area contributed by atoms with Gasteiger partial charge in [-0.1, -0.05) is 35.9 Å². The highest BCUT2D eigenvalue weighted by Crippen LogP contribution is 2.16. The molecule has 4 nitrogen and oxygen atoms in total. The molecule has 0 aliphatic rings. The number of carbonyl (C=O) groups is 1. The molecule has 0 saturated carbocycles. The van der Waals surface area contributed by atoms with Gasteiger partial charge in [-0.05, 0) is 42.3 Å². The Balaban J connectivity index is 1.83. The molecule has 2 N–H and O–H groups in total. The van der Waals surface area contributed by atoms with Crippen molar-refractivity contribution in [3.63, 3.8) is 0 Å². The van der Waals surface area contributed by atoms with Crippen molar-refractivity contribution in [2.75, 3.05) is 7.11 Å². The zero-order valence-electron chi connectivity index (χ0n) is 12.6. The van der Waals surface area contributed by atoms with Gasteiger partial charge >= 0.3 is 6.03 Å². The van der Waals surface area contributed by atoms with Crippen molar-refractivity contribution in [3.8, 4) is 5.75 Å². The third kappa shape index (κ3) is 4.67. The Labute approximate surface area is 135 Å². The van der Waals surface area contributed by atoms with Crippen LogP contribution in [0.5, 0.6) is 5.75 Å². The third-order valence-electron chi connectivity index (χ3n) is 3.33. The molecule has 0 saturated heterocycles. The van der Waals surface area contributed by atoms with E-state index in [1.807, 2.05) is 55.5 Å². The first kappa shape index (κ1) is 16.2. The van der Waals surface area contributed by atoms with Crippen LogP contribution in [0.25, 0.3) is 0 Å². The molecule has 0 bridgehead atoms. The Morgan fingerprint density at radius 1 is 1.14 bits per heavy atom. The molecule has 2 aromatic carbocycles. The highest BCUT2D eigenvalue weighted by atomic mass is 35.5. The summed E-state index contributed by atoms with van der Waals surface area (Å²) in [5, 5.41) is 6.40. The van der Waals surface area contributed by atoms with Crippen molar-refractivity contribution in [1.82, 2.24) is 10.6 Å². The molecular weight excluding hydrogens is 300 g/mol. The van der Waals surface area contributed by atoms with Gasteiger partial charge in [0.25, 0.3) is 0 Å². The molecule has 0 radical (unpaired) electrons. The lowest BCUT2D eigenvalue weighted by molar-refractivity contribution is 0.237. The van der Waals surface area contributed by atoms with E-state index < -0.39 is 0 Å². The molecule has 2 amide bonds. The smallest absolute Gasteiger partial charge is 0.315 e. The summed E-state index contributed by atoms with van der Waals surface area (Å²) in [4.78, 5) is 11.9. The molecule has 116 valence electrons. The van der Waals surface area contributed by atoms with Crippen LogP contribution < -0.4 is 15.4 Å². The maximum Gasteiger partial charge on any atom is 0.315 e. The van der Waals surface area contributed by atoms with E-state index in [0.29, 0.717) is 11.6 Å². The molecule has 0 aliphatic heterocycles. The number of methoxy groups -OCH3 is 1. The molecule has 2 rings (SSSR count). The van der Waals surface area contributed by atoms with Gasteiger partial charge in [-0.3, -0.25) is 0 Å². The molecule has 1 unspecified atom stereocenters. The van der Waals surface area contributed by atoms with Crippen molar-refractivity contribution in [2.45, 2.75) is 19.5 Å². The first-order valence-electron chi connectivity index (χ1n) is 7.01. The van der Waals surface area contributed by atoms with Crippen LogP contribution in [0.4, 0.5) is 4.79 Å². The van der Waals surface area contributed by atoms with Gasteiger partial charge in [0.2, 0.25) is 0 Å². The van der Waals surface area contributed by atoms with E-state index in [0.717, 1.165) is 16.9 Å². The van der Waals surface area contributed by atoms with Crippen LogP contribution in [0.15, 0.2) is 48.5 Å². The van der Waals surface area contributed by atoms with Crippen LogP contribution >= 0.6 is 11.6 Å². The Kier molecular flexibility index (Phi) is 5.67. The fourth-order valence-corrected chi connectivity index (χ4v) is 2.13. The fraction of sp³-hybridized carbons (Fsp3) is 0.235. The monoisotopic (exact) mass is 318 g/mol. The SMILES string of the molecule is COc1ccc(CNC(=O)NC(C)c2ccc(Cl)cc2)cc1. The van der Waals surface area contributed by atoms with Crippen LogP contribution in [0, 0.1) is 0 Å². The van der Waals surface area contributed by atoms with Crippen LogP contribution in [0.3, 0.4) is 0 Å². The zero-order valence-corrected chi connectivity index (χ0v) is 13.4. The molecule has 0 aliphatic carbocycles. The van der Waals surface area contributed by atoms with E-state index in [9.17, 15) is 4.79 Å². The molecule has 2 aromatic rings. The number of rotatable bonds is 5. The van der Waals surface area contributed by atoms with Gasteiger partial charge in [-0.2, -0.15) is 0 Å². The van der Waals surface area contributed by atoms with E-state index in [2.05, 4.69) is 10.6 Å². The number of nitrogens with one attached hydrogen (secondary N) is 2. The lowest BCUT2D eigenvalue weighted by atomic mass is 10.1. The van der Waals surface area contributed by atoms with Gasteiger partial charge in [-0.25, -0.2) is 4.79 Å². The summed E-state index contributed by atoms with van der Waals surface area (Å²) in [7, 11) is 1.62. The third-order valence-corrected chi connectivity index (χ3v) is 3.58. The van der Waals surface area contributed by atoms with Gasteiger partial charge in [0.05, 0.1) is 13.2 Å². The Bertz CT molecular complexity index is 612. The first-order chi connectivity index (χ1) is 10.6. The van der Waals surface area contributed by atoms with Crippen LogP contribution in [0.2, 0.25) is 5.02 Å². The quantitative estimate of drug-likeness (QED) is 0.878. The maximum absolute atomic E-state index is 11.9. The Hall–Kier alpha value is -2.20. The number of amides is 2. The van der Waals surface area contributed by atoms with Gasteiger partial charge in [0, 0.05) is 11.6 Å². The standard InChI is InChI=1S/C17H19ClN2O2/c1-12(14-5-7-15(18)8-6-14)20-17(21)19-11-13-3-9-16(22-2)10-4-13/h3-10,12H,11H2,1-2H3,(H2,19,20,21).